The van der Waals surface area contributed by atoms with Gasteiger partial charge in [0.05, 0.1) is 0 Å². The van der Waals surface area contributed by atoms with E-state index < -0.39 is 17.9 Å². The van der Waals surface area contributed by atoms with Crippen LogP contribution >= 0.6 is 0 Å². The molecule has 0 spiro atoms. The molecule has 0 bridgehead atoms. The molecule has 7 heteroatoms. The molecule has 1 atom stereocenters. The fourth-order valence-electron chi connectivity index (χ4n) is 2.31. The number of hydrogen-bond acceptors (Lipinski definition) is 2. The highest BCUT2D eigenvalue weighted by Crippen LogP contribution is 2.10. The van der Waals surface area contributed by atoms with Gasteiger partial charge in [-0.3, -0.25) is 4.79 Å². The second-order valence-electron chi connectivity index (χ2n) is 5.79. The third kappa shape index (κ3) is 6.16. The fraction of sp³-hybridized carbons (Fsp3) is 0.263. The van der Waals surface area contributed by atoms with Crippen molar-refractivity contribution < 1.29 is 18.4 Å². The van der Waals surface area contributed by atoms with Crippen LogP contribution in [-0.4, -0.2) is 18.0 Å². The van der Waals surface area contributed by atoms with Gasteiger partial charge in [-0.05, 0) is 48.4 Å². The summed E-state index contributed by atoms with van der Waals surface area (Å²) in [7, 11) is 0. The molecule has 0 aliphatic heterocycles. The first-order valence-corrected chi connectivity index (χ1v) is 8.33. The lowest BCUT2D eigenvalue weighted by Gasteiger charge is -2.18. The zero-order valence-corrected chi connectivity index (χ0v) is 14.4. The maximum absolute atomic E-state index is 12.9. The van der Waals surface area contributed by atoms with Crippen molar-refractivity contribution in [3.05, 3.63) is 65.7 Å². The molecule has 2 rings (SSSR count). The van der Waals surface area contributed by atoms with Crippen molar-refractivity contribution in [3.63, 3.8) is 0 Å². The van der Waals surface area contributed by atoms with E-state index in [0.717, 1.165) is 5.56 Å². The number of carbonyl (C=O) groups excluding carboxylic acids is 2. The molecule has 0 radical (unpaired) electrons. The highest BCUT2D eigenvalue weighted by atomic mass is 19.1. The molecular weight excluding hydrogens is 340 g/mol. The Kier molecular flexibility index (Phi) is 7.08. The van der Waals surface area contributed by atoms with Crippen molar-refractivity contribution in [2.45, 2.75) is 32.4 Å². The number of amides is 3. The minimum Gasteiger partial charge on any atom is -0.334 e. The van der Waals surface area contributed by atoms with E-state index in [4.69, 9.17) is 0 Å². The molecule has 0 aliphatic carbocycles. The maximum atomic E-state index is 12.9. The average molecular weight is 361 g/mol. The standard InChI is InChI=1S/C19H21F2N3O2/c1-2-3-17(18(25)23-16-10-8-15(21)9-11-16)24-19(26)22-12-13-4-6-14(20)7-5-13/h4-11,17H,2-3,12H2,1H3,(H,23,25)(H2,22,24,26). The van der Waals surface area contributed by atoms with Gasteiger partial charge in [0, 0.05) is 12.2 Å². The topological polar surface area (TPSA) is 70.2 Å². The minimum absolute atomic E-state index is 0.213. The first kappa shape index (κ1) is 19.4. The van der Waals surface area contributed by atoms with Gasteiger partial charge in [0.15, 0.2) is 0 Å². The second kappa shape index (κ2) is 9.50. The summed E-state index contributed by atoms with van der Waals surface area (Å²) in [5, 5.41) is 7.90. The largest absolute Gasteiger partial charge is 0.334 e. The molecule has 0 aliphatic rings. The molecule has 0 heterocycles. The summed E-state index contributed by atoms with van der Waals surface area (Å²) >= 11 is 0. The number of anilines is 1. The number of benzene rings is 2. The molecule has 1 unspecified atom stereocenters. The van der Waals surface area contributed by atoms with E-state index in [2.05, 4.69) is 16.0 Å². The van der Waals surface area contributed by atoms with E-state index in [0.29, 0.717) is 18.5 Å². The summed E-state index contributed by atoms with van der Waals surface area (Å²) in [6, 6.07) is 9.92. The van der Waals surface area contributed by atoms with E-state index >= 15 is 0 Å². The van der Waals surface area contributed by atoms with Crippen molar-refractivity contribution in [3.8, 4) is 0 Å². The maximum Gasteiger partial charge on any atom is 0.315 e. The molecular formula is C19H21F2N3O2. The van der Waals surface area contributed by atoms with Gasteiger partial charge < -0.3 is 16.0 Å². The Morgan fingerprint density at radius 3 is 2.12 bits per heavy atom. The zero-order valence-electron chi connectivity index (χ0n) is 14.4. The number of rotatable bonds is 7. The summed E-state index contributed by atoms with van der Waals surface area (Å²) in [4.78, 5) is 24.4. The number of halogens is 2. The van der Waals surface area contributed by atoms with E-state index in [1.54, 1.807) is 12.1 Å². The first-order valence-electron chi connectivity index (χ1n) is 8.33. The lowest BCUT2D eigenvalue weighted by Crippen LogP contribution is -2.47. The number of nitrogens with one attached hydrogen (secondary N) is 3. The van der Waals surface area contributed by atoms with Gasteiger partial charge in [0.2, 0.25) is 5.91 Å². The van der Waals surface area contributed by atoms with E-state index in [1.807, 2.05) is 6.92 Å². The van der Waals surface area contributed by atoms with Crippen molar-refractivity contribution >= 4 is 17.6 Å². The molecule has 3 N–H and O–H groups in total. The van der Waals surface area contributed by atoms with Gasteiger partial charge in [0.1, 0.15) is 17.7 Å². The Hall–Kier alpha value is -2.96. The van der Waals surface area contributed by atoms with Crippen LogP contribution in [0.15, 0.2) is 48.5 Å². The summed E-state index contributed by atoms with van der Waals surface area (Å²) in [5.41, 5.74) is 1.19. The lowest BCUT2D eigenvalue weighted by molar-refractivity contribution is -0.118. The average Bonchev–Trinajstić information content (AvgIpc) is 2.63. The van der Waals surface area contributed by atoms with E-state index in [-0.39, 0.29) is 18.3 Å². The quantitative estimate of drug-likeness (QED) is 0.706. The smallest absolute Gasteiger partial charge is 0.315 e. The van der Waals surface area contributed by atoms with Crippen LogP contribution in [0.2, 0.25) is 0 Å². The SMILES string of the molecule is CCCC(NC(=O)NCc1ccc(F)cc1)C(=O)Nc1ccc(F)cc1. The number of hydrogen-bond donors (Lipinski definition) is 3. The van der Waals surface area contributed by atoms with Crippen LogP contribution in [0.1, 0.15) is 25.3 Å². The number of urea groups is 1. The Bertz CT molecular complexity index is 733. The molecule has 3 amide bonds. The molecule has 26 heavy (non-hydrogen) atoms. The van der Waals surface area contributed by atoms with Crippen LogP contribution in [0, 0.1) is 11.6 Å². The van der Waals surface area contributed by atoms with Gasteiger partial charge in [0.25, 0.3) is 0 Å². The van der Waals surface area contributed by atoms with Gasteiger partial charge in [-0.1, -0.05) is 25.5 Å². The molecule has 0 saturated carbocycles. The van der Waals surface area contributed by atoms with Crippen LogP contribution in [0.4, 0.5) is 19.3 Å². The van der Waals surface area contributed by atoms with Gasteiger partial charge in [-0.2, -0.15) is 0 Å². The predicted molar refractivity (Wildman–Crippen MR) is 95.5 cm³/mol. The first-order chi connectivity index (χ1) is 12.5. The van der Waals surface area contributed by atoms with Crippen LogP contribution < -0.4 is 16.0 Å². The second-order valence-corrected chi connectivity index (χ2v) is 5.79. The van der Waals surface area contributed by atoms with Crippen LogP contribution in [0.5, 0.6) is 0 Å². The van der Waals surface area contributed by atoms with Crippen molar-refractivity contribution in [2.24, 2.45) is 0 Å². The Labute approximate surface area is 150 Å². The molecule has 138 valence electrons. The summed E-state index contributed by atoms with van der Waals surface area (Å²) in [6.07, 6.45) is 1.15. The highest BCUT2D eigenvalue weighted by Gasteiger charge is 2.20. The Morgan fingerprint density at radius 1 is 0.962 bits per heavy atom. The molecule has 0 fully saturated rings. The molecule has 2 aromatic carbocycles. The fourth-order valence-corrected chi connectivity index (χ4v) is 2.31. The summed E-state index contributed by atoms with van der Waals surface area (Å²) < 4.78 is 25.8. The predicted octanol–water partition coefficient (Wildman–Crippen LogP) is 3.57. The van der Waals surface area contributed by atoms with Crippen LogP contribution in [-0.2, 0) is 11.3 Å². The molecule has 5 nitrogen and oxygen atoms in total. The van der Waals surface area contributed by atoms with Crippen LogP contribution in [0.25, 0.3) is 0 Å². The normalized spacial score (nSPS) is 11.5. The molecule has 0 aromatic heterocycles. The lowest BCUT2D eigenvalue weighted by atomic mass is 10.1. The summed E-state index contributed by atoms with van der Waals surface area (Å²) in [5.74, 6) is -1.12. The minimum atomic E-state index is -0.724. The van der Waals surface area contributed by atoms with Crippen LogP contribution in [0.3, 0.4) is 0 Å². The monoisotopic (exact) mass is 361 g/mol. The van der Waals surface area contributed by atoms with Crippen molar-refractivity contribution in [2.75, 3.05) is 5.32 Å². The molecule has 0 saturated heterocycles. The van der Waals surface area contributed by atoms with Crippen molar-refractivity contribution in [1.29, 1.82) is 0 Å². The Balaban J connectivity index is 1.88. The molecule has 2 aromatic rings. The Morgan fingerprint density at radius 2 is 1.54 bits per heavy atom. The van der Waals surface area contributed by atoms with Gasteiger partial charge >= 0.3 is 6.03 Å². The van der Waals surface area contributed by atoms with Gasteiger partial charge in [-0.25, -0.2) is 13.6 Å². The van der Waals surface area contributed by atoms with E-state index in [9.17, 15) is 18.4 Å². The van der Waals surface area contributed by atoms with Gasteiger partial charge in [-0.15, -0.1) is 0 Å². The number of carbonyl (C=O) groups is 2. The van der Waals surface area contributed by atoms with Crippen molar-refractivity contribution in [1.82, 2.24) is 10.6 Å². The summed E-state index contributed by atoms with van der Waals surface area (Å²) in [6.45, 7) is 2.11. The highest BCUT2D eigenvalue weighted by molar-refractivity contribution is 5.96. The zero-order chi connectivity index (χ0) is 18.9. The third-order valence-corrected chi connectivity index (χ3v) is 3.68. The van der Waals surface area contributed by atoms with E-state index in [1.165, 1.54) is 36.4 Å². The third-order valence-electron chi connectivity index (χ3n) is 3.68.